The Balaban J connectivity index is 2.94. The monoisotopic (exact) mass is 298 g/mol. The third-order valence-electron chi connectivity index (χ3n) is 2.87. The van der Waals surface area contributed by atoms with Crippen LogP contribution in [0.1, 0.15) is 20.3 Å². The molecule has 1 rings (SSSR count). The lowest BCUT2D eigenvalue weighted by atomic mass is 9.87. The molecular weight excluding hydrogens is 280 g/mol. The summed E-state index contributed by atoms with van der Waals surface area (Å²) in [6.45, 7) is 4.37. The van der Waals surface area contributed by atoms with E-state index in [1.54, 1.807) is 11.9 Å². The lowest BCUT2D eigenvalue weighted by Crippen LogP contribution is -2.39. The van der Waals surface area contributed by atoms with Gasteiger partial charge < -0.3 is 10.6 Å². The molecule has 0 fully saturated rings. The van der Waals surface area contributed by atoms with Gasteiger partial charge >= 0.3 is 0 Å². The van der Waals surface area contributed by atoms with Gasteiger partial charge in [-0.3, -0.25) is 4.79 Å². The van der Waals surface area contributed by atoms with E-state index in [9.17, 15) is 4.79 Å². The van der Waals surface area contributed by atoms with Crippen LogP contribution in [0.3, 0.4) is 0 Å². The van der Waals surface area contributed by atoms with Crippen LogP contribution in [0.15, 0.2) is 28.7 Å². The van der Waals surface area contributed by atoms with E-state index in [-0.39, 0.29) is 5.91 Å². The van der Waals surface area contributed by atoms with E-state index >= 15 is 0 Å². The molecule has 1 aromatic rings. The van der Waals surface area contributed by atoms with E-state index in [0.29, 0.717) is 13.0 Å². The van der Waals surface area contributed by atoms with Gasteiger partial charge in [0.05, 0.1) is 5.69 Å². The number of amides is 1. The fraction of sp³-hybridized carbons (Fsp3) is 0.462. The summed E-state index contributed by atoms with van der Waals surface area (Å²) >= 11 is 3.45. The minimum Gasteiger partial charge on any atom is -0.330 e. The predicted octanol–water partition coefficient (Wildman–Crippen LogP) is 2.79. The van der Waals surface area contributed by atoms with Crippen molar-refractivity contribution >= 4 is 27.5 Å². The number of rotatable bonds is 4. The zero-order valence-corrected chi connectivity index (χ0v) is 12.1. The molecule has 2 N–H and O–H groups in total. The number of carbonyl (C=O) groups excluding carboxylic acids is 1. The fourth-order valence-electron chi connectivity index (χ4n) is 1.75. The van der Waals surface area contributed by atoms with Crippen LogP contribution in [-0.2, 0) is 4.79 Å². The van der Waals surface area contributed by atoms with Gasteiger partial charge in [-0.05, 0) is 41.0 Å². The summed E-state index contributed by atoms with van der Waals surface area (Å²) in [6.07, 6.45) is 0.681. The lowest BCUT2D eigenvalue weighted by Gasteiger charge is -2.29. The molecule has 1 amide bonds. The first kappa shape index (κ1) is 14.2. The lowest BCUT2D eigenvalue weighted by molar-refractivity contribution is -0.126. The number of nitrogens with two attached hydrogens (primary N) is 1. The van der Waals surface area contributed by atoms with Crippen LogP contribution in [0.25, 0.3) is 0 Å². The maximum absolute atomic E-state index is 12.4. The van der Waals surface area contributed by atoms with Crippen LogP contribution in [0, 0.1) is 5.41 Å². The van der Waals surface area contributed by atoms with Crippen LogP contribution in [-0.4, -0.2) is 19.5 Å². The SMILES string of the molecule is CN(C(=O)C(C)(C)CCN)c1ccccc1Br. The molecule has 0 aliphatic heterocycles. The Morgan fingerprint density at radius 3 is 2.53 bits per heavy atom. The normalized spacial score (nSPS) is 11.4. The molecule has 0 unspecified atom stereocenters. The molecule has 3 nitrogen and oxygen atoms in total. The molecule has 0 atom stereocenters. The number of nitrogens with zero attached hydrogens (tertiary/aromatic N) is 1. The van der Waals surface area contributed by atoms with Gasteiger partial charge in [-0.2, -0.15) is 0 Å². The minimum atomic E-state index is -0.432. The Hall–Kier alpha value is -0.870. The Bertz CT molecular complexity index is 404. The number of benzene rings is 1. The summed E-state index contributed by atoms with van der Waals surface area (Å²) < 4.78 is 0.916. The molecule has 0 bridgehead atoms. The molecule has 0 heterocycles. The molecule has 4 heteroatoms. The molecule has 0 saturated heterocycles. The van der Waals surface area contributed by atoms with Crippen molar-refractivity contribution in [3.8, 4) is 0 Å². The molecule has 0 aliphatic carbocycles. The van der Waals surface area contributed by atoms with E-state index in [1.165, 1.54) is 0 Å². The largest absolute Gasteiger partial charge is 0.330 e. The van der Waals surface area contributed by atoms with E-state index < -0.39 is 5.41 Å². The molecule has 94 valence electrons. The van der Waals surface area contributed by atoms with E-state index in [2.05, 4.69) is 15.9 Å². The molecular formula is C13H19BrN2O. The summed E-state index contributed by atoms with van der Waals surface area (Å²) in [5.41, 5.74) is 5.99. The summed E-state index contributed by atoms with van der Waals surface area (Å²) in [5, 5.41) is 0. The van der Waals surface area contributed by atoms with Gasteiger partial charge in [-0.15, -0.1) is 0 Å². The molecule has 0 spiro atoms. The first-order chi connectivity index (χ1) is 7.90. The van der Waals surface area contributed by atoms with E-state index in [0.717, 1.165) is 10.2 Å². The van der Waals surface area contributed by atoms with Crippen molar-refractivity contribution in [1.82, 2.24) is 0 Å². The second-order valence-corrected chi connectivity index (χ2v) is 5.59. The van der Waals surface area contributed by atoms with Gasteiger partial charge in [0.25, 0.3) is 0 Å². The van der Waals surface area contributed by atoms with Gasteiger partial charge in [0.15, 0.2) is 0 Å². The number of para-hydroxylation sites is 1. The predicted molar refractivity (Wildman–Crippen MR) is 75.0 cm³/mol. The van der Waals surface area contributed by atoms with Crippen LogP contribution < -0.4 is 10.6 Å². The Kier molecular flexibility index (Phi) is 4.71. The molecule has 17 heavy (non-hydrogen) atoms. The maximum atomic E-state index is 12.4. The van der Waals surface area contributed by atoms with Crippen LogP contribution in [0.2, 0.25) is 0 Å². The Morgan fingerprint density at radius 2 is 2.00 bits per heavy atom. The maximum Gasteiger partial charge on any atom is 0.232 e. The van der Waals surface area contributed by atoms with Crippen molar-refractivity contribution < 1.29 is 4.79 Å². The average Bonchev–Trinajstić information content (AvgIpc) is 2.27. The van der Waals surface area contributed by atoms with Crippen molar-refractivity contribution in [3.63, 3.8) is 0 Å². The summed E-state index contributed by atoms with van der Waals surface area (Å²) in [5.74, 6) is 0.0786. The van der Waals surface area contributed by atoms with Gasteiger partial charge in [0, 0.05) is 16.9 Å². The fourth-order valence-corrected chi connectivity index (χ4v) is 2.31. The van der Waals surface area contributed by atoms with Crippen LogP contribution in [0.4, 0.5) is 5.69 Å². The smallest absolute Gasteiger partial charge is 0.232 e. The van der Waals surface area contributed by atoms with Crippen molar-refractivity contribution in [3.05, 3.63) is 28.7 Å². The second kappa shape index (κ2) is 5.65. The summed E-state index contributed by atoms with van der Waals surface area (Å²) in [4.78, 5) is 14.0. The van der Waals surface area contributed by atoms with E-state index in [4.69, 9.17) is 5.73 Å². The highest BCUT2D eigenvalue weighted by molar-refractivity contribution is 9.10. The standard InChI is InChI=1S/C13H19BrN2O/c1-13(2,8-9-15)12(17)16(3)11-7-5-4-6-10(11)14/h4-7H,8-9,15H2,1-3H3. The molecule has 1 aromatic carbocycles. The zero-order chi connectivity index (χ0) is 13.1. The number of halogens is 1. The first-order valence-electron chi connectivity index (χ1n) is 5.63. The third kappa shape index (κ3) is 3.30. The second-order valence-electron chi connectivity index (χ2n) is 4.74. The minimum absolute atomic E-state index is 0.0786. The molecule has 0 saturated carbocycles. The number of anilines is 1. The number of carbonyl (C=O) groups is 1. The zero-order valence-electron chi connectivity index (χ0n) is 10.5. The van der Waals surface area contributed by atoms with Crippen LogP contribution in [0.5, 0.6) is 0 Å². The molecule has 0 aromatic heterocycles. The van der Waals surface area contributed by atoms with Gasteiger partial charge in [0.2, 0.25) is 5.91 Å². The van der Waals surface area contributed by atoms with Crippen molar-refractivity contribution in [2.24, 2.45) is 11.1 Å². The number of hydrogen-bond donors (Lipinski definition) is 1. The Morgan fingerprint density at radius 1 is 1.41 bits per heavy atom. The first-order valence-corrected chi connectivity index (χ1v) is 6.42. The van der Waals surface area contributed by atoms with Crippen molar-refractivity contribution in [2.75, 3.05) is 18.5 Å². The molecule has 0 aliphatic rings. The highest BCUT2D eigenvalue weighted by atomic mass is 79.9. The topological polar surface area (TPSA) is 46.3 Å². The highest BCUT2D eigenvalue weighted by Gasteiger charge is 2.30. The van der Waals surface area contributed by atoms with Gasteiger partial charge in [-0.1, -0.05) is 26.0 Å². The van der Waals surface area contributed by atoms with Gasteiger partial charge in [0.1, 0.15) is 0 Å². The molecule has 0 radical (unpaired) electrons. The Labute approximate surface area is 111 Å². The highest BCUT2D eigenvalue weighted by Crippen LogP contribution is 2.30. The van der Waals surface area contributed by atoms with Crippen molar-refractivity contribution in [1.29, 1.82) is 0 Å². The van der Waals surface area contributed by atoms with E-state index in [1.807, 2.05) is 38.1 Å². The quantitative estimate of drug-likeness (QED) is 0.929. The summed E-state index contributed by atoms with van der Waals surface area (Å²) in [6, 6.07) is 7.69. The summed E-state index contributed by atoms with van der Waals surface area (Å²) in [7, 11) is 1.79. The van der Waals surface area contributed by atoms with Gasteiger partial charge in [-0.25, -0.2) is 0 Å². The van der Waals surface area contributed by atoms with Crippen molar-refractivity contribution in [2.45, 2.75) is 20.3 Å². The number of hydrogen-bond acceptors (Lipinski definition) is 2. The average molecular weight is 299 g/mol. The van der Waals surface area contributed by atoms with Crippen LogP contribution >= 0.6 is 15.9 Å². The third-order valence-corrected chi connectivity index (χ3v) is 3.54.